The van der Waals surface area contributed by atoms with Gasteiger partial charge in [0.1, 0.15) is 40.8 Å². The van der Waals surface area contributed by atoms with Gasteiger partial charge in [-0.1, -0.05) is 152 Å². The van der Waals surface area contributed by atoms with E-state index in [0.29, 0.717) is 28.6 Å². The lowest BCUT2D eigenvalue weighted by Gasteiger charge is -2.40. The van der Waals surface area contributed by atoms with Crippen molar-refractivity contribution in [1.29, 1.82) is 0 Å². The van der Waals surface area contributed by atoms with Gasteiger partial charge in [-0.25, -0.2) is 15.0 Å². The van der Waals surface area contributed by atoms with E-state index in [1.807, 2.05) is 145 Å². The molecule has 6 aromatic carbocycles. The van der Waals surface area contributed by atoms with Gasteiger partial charge < -0.3 is 29.4 Å². The monoisotopic (exact) mass is 833 g/mol. The van der Waals surface area contributed by atoms with E-state index in [4.69, 9.17) is 40.3 Å². The Morgan fingerprint density at radius 1 is 0.698 bits per heavy atom. The number of rotatable bonds is 14. The molecule has 1 fully saturated rings. The summed E-state index contributed by atoms with van der Waals surface area (Å²) in [6.07, 6.45) is 6.76. The van der Waals surface area contributed by atoms with E-state index in [1.54, 1.807) is 20.5 Å². The first kappa shape index (κ1) is 41.1. The van der Waals surface area contributed by atoms with Crippen molar-refractivity contribution in [1.82, 2.24) is 19.5 Å². The molecule has 3 atom stereocenters. The molecule has 0 amide bonds. The van der Waals surface area contributed by atoms with Crippen molar-refractivity contribution in [2.45, 2.75) is 42.4 Å². The van der Waals surface area contributed by atoms with Gasteiger partial charge in [0.25, 0.3) is 0 Å². The van der Waals surface area contributed by atoms with E-state index >= 15 is 0 Å². The van der Waals surface area contributed by atoms with Gasteiger partial charge in [0.15, 0.2) is 22.6 Å². The number of aryl methyl sites for hydroxylation is 1. The maximum Gasteiger partial charge on any atom is 0.179 e. The summed E-state index contributed by atoms with van der Waals surface area (Å²) in [5.41, 5.74) is 2.93. The summed E-state index contributed by atoms with van der Waals surface area (Å²) in [6, 6.07) is 56.4. The first-order valence-corrected chi connectivity index (χ1v) is 20.8. The largest absolute Gasteiger partial charge is 0.497 e. The Morgan fingerprint density at radius 3 is 1.63 bits per heavy atom. The molecule has 8 aromatic rings. The fraction of sp³-hybridized carbons (Fsp3) is 0.189. The second kappa shape index (κ2) is 17.2. The molecule has 0 radical (unpaired) electrons. The number of ether oxygens (including phenoxy) is 4. The molecule has 1 aliphatic heterocycles. The summed E-state index contributed by atoms with van der Waals surface area (Å²) < 4.78 is 27.3. The zero-order valence-corrected chi connectivity index (χ0v) is 35.3. The minimum atomic E-state index is -1.55. The molecule has 10 heteroatoms. The molecule has 10 nitrogen and oxygen atoms in total. The molecule has 2 N–H and O–H groups in total. The number of aliphatic hydroxyl groups is 1. The van der Waals surface area contributed by atoms with E-state index in [0.717, 1.165) is 39.1 Å². The molecule has 3 heterocycles. The number of nitrogens with one attached hydrogen (secondary N) is 1. The molecule has 63 heavy (non-hydrogen) atoms. The molecule has 0 saturated carbocycles. The molecule has 2 aromatic heterocycles. The van der Waals surface area contributed by atoms with Crippen molar-refractivity contribution in [3.63, 3.8) is 0 Å². The fourth-order valence-corrected chi connectivity index (χ4v) is 8.89. The minimum Gasteiger partial charge on any atom is -0.497 e. The molecule has 1 saturated heterocycles. The normalized spacial score (nSPS) is 17.6. The number of hydrogen-bond donors (Lipinski definition) is 2. The summed E-state index contributed by atoms with van der Waals surface area (Å²) >= 11 is 0. The van der Waals surface area contributed by atoms with E-state index in [9.17, 15) is 5.11 Å². The maximum atomic E-state index is 11.2. The van der Waals surface area contributed by atoms with Gasteiger partial charge in [-0.3, -0.25) is 4.57 Å². The van der Waals surface area contributed by atoms with Crippen LogP contribution in [0.2, 0.25) is 0 Å². The molecular formula is C53H47N5O5. The maximum absolute atomic E-state index is 11.2. The average molecular weight is 834 g/mol. The third kappa shape index (κ3) is 7.26. The first-order chi connectivity index (χ1) is 30.9. The molecule has 9 rings (SSSR count). The van der Waals surface area contributed by atoms with Crippen LogP contribution in [0.25, 0.3) is 11.2 Å². The lowest BCUT2D eigenvalue weighted by molar-refractivity contribution is -0.133. The number of aliphatic hydroxyl groups excluding tert-OH is 1. The Labute approximate surface area is 367 Å². The highest BCUT2D eigenvalue weighted by atomic mass is 16.6. The van der Waals surface area contributed by atoms with Crippen LogP contribution in [0.4, 0.5) is 5.82 Å². The zero-order valence-electron chi connectivity index (χ0n) is 35.3. The van der Waals surface area contributed by atoms with Crippen molar-refractivity contribution >= 4 is 17.0 Å². The Hall–Kier alpha value is -7.29. The topological polar surface area (TPSA) is 113 Å². The van der Waals surface area contributed by atoms with Crippen LogP contribution in [0.15, 0.2) is 176 Å². The molecule has 1 aliphatic rings. The number of methoxy groups -OCH3 is 2. The van der Waals surface area contributed by atoms with Crippen LogP contribution in [0.3, 0.4) is 0 Å². The van der Waals surface area contributed by atoms with Crippen LogP contribution >= 0.6 is 0 Å². The van der Waals surface area contributed by atoms with Crippen molar-refractivity contribution in [2.75, 3.05) is 26.1 Å². The summed E-state index contributed by atoms with van der Waals surface area (Å²) in [7, 11) is 3.30. The van der Waals surface area contributed by atoms with Gasteiger partial charge in [-0.15, -0.1) is 6.42 Å². The highest BCUT2D eigenvalue weighted by molar-refractivity contribution is 5.84. The van der Waals surface area contributed by atoms with E-state index < -0.39 is 35.7 Å². The average Bonchev–Trinajstić information content (AvgIpc) is 3.95. The third-order valence-corrected chi connectivity index (χ3v) is 12.0. The second-order valence-corrected chi connectivity index (χ2v) is 15.5. The van der Waals surface area contributed by atoms with Gasteiger partial charge >= 0.3 is 0 Å². The smallest absolute Gasteiger partial charge is 0.179 e. The van der Waals surface area contributed by atoms with Crippen LogP contribution < -0.4 is 14.8 Å². The summed E-state index contributed by atoms with van der Waals surface area (Å²) in [4.78, 5) is 14.9. The van der Waals surface area contributed by atoms with Crippen molar-refractivity contribution < 1.29 is 24.1 Å². The van der Waals surface area contributed by atoms with Crippen LogP contribution in [0.1, 0.15) is 51.9 Å². The van der Waals surface area contributed by atoms with E-state index in [1.165, 1.54) is 0 Å². The Bertz CT molecular complexity index is 2750. The predicted octanol–water partition coefficient (Wildman–Crippen LogP) is 9.22. The molecular weight excluding hydrogens is 787 g/mol. The predicted molar refractivity (Wildman–Crippen MR) is 243 cm³/mol. The standard InChI is InChI=1S/C53H47N5O5/c1-5-51(35-59)46(62-53(41-22-14-8-15-23-41,42-24-16-9-17-25-42)43-28-32-45(61-4)33-29-43)34-47(63-51)58-36-54-48-49(55-37(2)56-50(48)58)57-52(38-18-10-6-11-19-38,39-20-12-7-13-21-39)40-26-30-44(60-3)31-27-40/h1,6-33,36,46-47,59H,34-35H2,2-4H3,(H,55,56,57)/t46-,47+,51+/m0/s1. The number of nitrogens with zero attached hydrogens (tertiary/aromatic N) is 4. The van der Waals surface area contributed by atoms with Gasteiger partial charge in [0, 0.05) is 6.42 Å². The van der Waals surface area contributed by atoms with Gasteiger partial charge in [0.05, 0.1) is 27.2 Å². The van der Waals surface area contributed by atoms with Crippen molar-refractivity contribution in [3.05, 3.63) is 215 Å². The fourth-order valence-electron chi connectivity index (χ4n) is 8.89. The quantitative estimate of drug-likeness (QED) is 0.0818. The van der Waals surface area contributed by atoms with Crippen LogP contribution in [0, 0.1) is 19.3 Å². The zero-order chi connectivity index (χ0) is 43.4. The number of imidazole rings is 1. The van der Waals surface area contributed by atoms with Gasteiger partial charge in [-0.2, -0.15) is 0 Å². The first-order valence-electron chi connectivity index (χ1n) is 20.8. The van der Waals surface area contributed by atoms with Crippen LogP contribution in [-0.2, 0) is 20.6 Å². The lowest BCUT2D eigenvalue weighted by atomic mass is 9.77. The highest BCUT2D eigenvalue weighted by Gasteiger charge is 2.54. The molecule has 0 unspecified atom stereocenters. The number of fused-ring (bicyclic) bond motifs is 1. The number of benzene rings is 6. The molecule has 0 spiro atoms. The molecule has 0 aliphatic carbocycles. The Balaban J connectivity index is 1.16. The van der Waals surface area contributed by atoms with E-state index in [2.05, 4.69) is 47.6 Å². The SMILES string of the molecule is C#C[C@]1(CO)O[C@@H](n2cnc3c(NC(c4ccccc4)(c4ccccc4)c4ccc(OC)cc4)nc(C)nc32)C[C@@H]1OC(c1ccccc1)(c1ccccc1)c1ccc(OC)cc1. The van der Waals surface area contributed by atoms with Gasteiger partial charge in [-0.05, 0) is 64.6 Å². The number of anilines is 1. The molecule has 0 bridgehead atoms. The van der Waals surface area contributed by atoms with Gasteiger partial charge in [0.2, 0.25) is 0 Å². The number of terminal acetylenes is 1. The summed E-state index contributed by atoms with van der Waals surface area (Å²) in [5, 5.41) is 15.1. The van der Waals surface area contributed by atoms with Crippen LogP contribution in [0.5, 0.6) is 11.5 Å². The summed E-state index contributed by atoms with van der Waals surface area (Å²) in [5.74, 6) is 5.30. The number of hydrogen-bond acceptors (Lipinski definition) is 9. The van der Waals surface area contributed by atoms with Crippen molar-refractivity contribution in [3.8, 4) is 23.8 Å². The third-order valence-electron chi connectivity index (χ3n) is 12.0. The highest BCUT2D eigenvalue weighted by Crippen LogP contribution is 2.49. The summed E-state index contributed by atoms with van der Waals surface area (Å²) in [6.45, 7) is 1.35. The van der Waals surface area contributed by atoms with E-state index in [-0.39, 0.29) is 6.42 Å². The number of aromatic nitrogens is 4. The Morgan fingerprint density at radius 2 is 1.16 bits per heavy atom. The minimum absolute atomic E-state index is 0.253. The molecule has 314 valence electrons. The Kier molecular flexibility index (Phi) is 11.2. The second-order valence-electron chi connectivity index (χ2n) is 15.5. The van der Waals surface area contributed by atoms with Crippen molar-refractivity contribution in [2.24, 2.45) is 0 Å². The lowest BCUT2D eigenvalue weighted by Crippen LogP contribution is -2.48. The van der Waals surface area contributed by atoms with Crippen LogP contribution in [-0.4, -0.2) is 57.2 Å².